The lowest BCUT2D eigenvalue weighted by Gasteiger charge is -2.23. The predicted molar refractivity (Wildman–Crippen MR) is 78.3 cm³/mol. The quantitative estimate of drug-likeness (QED) is 0.896. The largest absolute Gasteiger partial charge is 0.349 e. The number of H-pyrrole nitrogens is 1. The lowest BCUT2D eigenvalue weighted by molar-refractivity contribution is 0.0933. The molecule has 0 aliphatic heterocycles. The van der Waals surface area contributed by atoms with Crippen molar-refractivity contribution in [3.05, 3.63) is 51.3 Å². The molecular formula is C14H13Cl2N3O. The van der Waals surface area contributed by atoms with Crippen LogP contribution in [0.25, 0.3) is 0 Å². The second-order valence-electron chi connectivity index (χ2n) is 4.91. The van der Waals surface area contributed by atoms with E-state index >= 15 is 0 Å². The number of fused-ring (bicyclic) bond motifs is 1. The number of aromatic nitrogens is 2. The normalized spacial score (nSPS) is 17.6. The van der Waals surface area contributed by atoms with Crippen molar-refractivity contribution in [3.63, 3.8) is 0 Å². The first-order valence-electron chi connectivity index (χ1n) is 6.40. The van der Waals surface area contributed by atoms with Crippen molar-refractivity contribution in [1.29, 1.82) is 0 Å². The summed E-state index contributed by atoms with van der Waals surface area (Å²) >= 11 is 11.9. The van der Waals surface area contributed by atoms with Crippen LogP contribution in [-0.4, -0.2) is 22.1 Å². The van der Waals surface area contributed by atoms with E-state index in [9.17, 15) is 4.79 Å². The van der Waals surface area contributed by atoms with Gasteiger partial charge in [-0.1, -0.05) is 23.2 Å². The number of aromatic amines is 1. The van der Waals surface area contributed by atoms with Gasteiger partial charge in [0.2, 0.25) is 0 Å². The summed E-state index contributed by atoms with van der Waals surface area (Å²) in [4.78, 5) is 12.2. The molecule has 0 radical (unpaired) electrons. The van der Waals surface area contributed by atoms with Gasteiger partial charge in [0.1, 0.15) is 0 Å². The number of rotatable bonds is 2. The summed E-state index contributed by atoms with van der Waals surface area (Å²) in [7, 11) is 0. The Balaban J connectivity index is 1.71. The summed E-state index contributed by atoms with van der Waals surface area (Å²) in [6.45, 7) is 0. The zero-order chi connectivity index (χ0) is 14.1. The van der Waals surface area contributed by atoms with Gasteiger partial charge >= 0.3 is 0 Å². The monoisotopic (exact) mass is 309 g/mol. The number of nitrogens with zero attached hydrogens (tertiary/aromatic N) is 1. The number of hydrogen-bond acceptors (Lipinski definition) is 2. The second kappa shape index (κ2) is 5.46. The standard InChI is InChI=1S/C14H13Cl2N3O/c15-9-2-4-11(12(16)5-9)14(20)18-10-3-1-8-7-17-19-13(8)6-10/h2,4-5,7,10H,1,3,6H2,(H,17,19)(H,18,20). The molecule has 6 heteroatoms. The van der Waals surface area contributed by atoms with Gasteiger partial charge in [-0.15, -0.1) is 0 Å². The van der Waals surface area contributed by atoms with Crippen LogP contribution in [0.3, 0.4) is 0 Å². The fourth-order valence-corrected chi connectivity index (χ4v) is 2.96. The first-order chi connectivity index (χ1) is 9.63. The zero-order valence-electron chi connectivity index (χ0n) is 10.6. The van der Waals surface area contributed by atoms with Crippen LogP contribution in [0.5, 0.6) is 0 Å². The second-order valence-corrected chi connectivity index (χ2v) is 5.75. The minimum atomic E-state index is -0.167. The highest BCUT2D eigenvalue weighted by molar-refractivity contribution is 6.36. The number of hydrogen-bond donors (Lipinski definition) is 2. The molecular weight excluding hydrogens is 297 g/mol. The molecule has 0 fully saturated rings. The lowest BCUT2D eigenvalue weighted by atomic mass is 9.93. The maximum atomic E-state index is 12.2. The van der Waals surface area contributed by atoms with Gasteiger partial charge in [-0.05, 0) is 36.6 Å². The highest BCUT2D eigenvalue weighted by Crippen LogP contribution is 2.22. The summed E-state index contributed by atoms with van der Waals surface area (Å²) in [5.74, 6) is -0.167. The summed E-state index contributed by atoms with van der Waals surface area (Å²) < 4.78 is 0. The van der Waals surface area contributed by atoms with E-state index in [0.29, 0.717) is 15.6 Å². The molecule has 4 nitrogen and oxygen atoms in total. The molecule has 1 aromatic carbocycles. The number of amides is 1. The van der Waals surface area contributed by atoms with Gasteiger partial charge in [-0.3, -0.25) is 9.89 Å². The third-order valence-electron chi connectivity index (χ3n) is 3.53. The van der Waals surface area contributed by atoms with Crippen LogP contribution in [0.4, 0.5) is 0 Å². The first-order valence-corrected chi connectivity index (χ1v) is 7.16. The Bertz CT molecular complexity index is 654. The van der Waals surface area contributed by atoms with Gasteiger partial charge in [0, 0.05) is 23.2 Å². The van der Waals surface area contributed by atoms with E-state index in [0.717, 1.165) is 25.0 Å². The summed E-state index contributed by atoms with van der Waals surface area (Å²) in [6.07, 6.45) is 4.45. The third kappa shape index (κ3) is 2.67. The molecule has 1 aliphatic carbocycles. The molecule has 1 aromatic heterocycles. The van der Waals surface area contributed by atoms with Crippen LogP contribution >= 0.6 is 23.2 Å². The zero-order valence-corrected chi connectivity index (χ0v) is 12.1. The Morgan fingerprint density at radius 3 is 3.05 bits per heavy atom. The molecule has 2 aromatic rings. The van der Waals surface area contributed by atoms with E-state index in [2.05, 4.69) is 15.5 Å². The van der Waals surface area contributed by atoms with Gasteiger partial charge in [-0.2, -0.15) is 5.10 Å². The molecule has 0 saturated heterocycles. The fourth-order valence-electron chi connectivity index (χ4n) is 2.47. The lowest BCUT2D eigenvalue weighted by Crippen LogP contribution is -2.38. The van der Waals surface area contributed by atoms with Crippen LogP contribution in [0.2, 0.25) is 10.0 Å². The highest BCUT2D eigenvalue weighted by atomic mass is 35.5. The molecule has 3 rings (SSSR count). The Hall–Kier alpha value is -1.52. The first kappa shape index (κ1) is 13.5. The number of nitrogens with one attached hydrogen (secondary N) is 2. The molecule has 1 unspecified atom stereocenters. The van der Waals surface area contributed by atoms with Crippen molar-refractivity contribution in [1.82, 2.24) is 15.5 Å². The smallest absolute Gasteiger partial charge is 0.253 e. The van der Waals surface area contributed by atoms with E-state index in [1.54, 1.807) is 18.2 Å². The molecule has 1 amide bonds. The SMILES string of the molecule is O=C(NC1CCc2cn[nH]c2C1)c1ccc(Cl)cc1Cl. The van der Waals surface area contributed by atoms with Gasteiger partial charge in [0.05, 0.1) is 16.8 Å². The van der Waals surface area contributed by atoms with Crippen LogP contribution in [0.15, 0.2) is 24.4 Å². The van der Waals surface area contributed by atoms with Gasteiger partial charge < -0.3 is 5.32 Å². The number of benzene rings is 1. The Kier molecular flexibility index (Phi) is 3.68. The maximum Gasteiger partial charge on any atom is 0.253 e. The summed E-state index contributed by atoms with van der Waals surface area (Å²) in [5, 5.41) is 10.9. The molecule has 104 valence electrons. The average molecular weight is 310 g/mol. The van der Waals surface area contributed by atoms with E-state index in [1.165, 1.54) is 5.56 Å². The Morgan fingerprint density at radius 2 is 2.25 bits per heavy atom. The summed E-state index contributed by atoms with van der Waals surface area (Å²) in [5.41, 5.74) is 2.79. The number of carbonyl (C=O) groups excluding carboxylic acids is 1. The van der Waals surface area contributed by atoms with Crippen molar-refractivity contribution in [3.8, 4) is 0 Å². The van der Waals surface area contributed by atoms with Gasteiger partial charge in [0.25, 0.3) is 5.91 Å². The van der Waals surface area contributed by atoms with E-state index in [1.807, 2.05) is 6.20 Å². The fraction of sp³-hybridized carbons (Fsp3) is 0.286. The minimum absolute atomic E-state index is 0.0993. The van der Waals surface area contributed by atoms with Crippen molar-refractivity contribution in [2.75, 3.05) is 0 Å². The third-order valence-corrected chi connectivity index (χ3v) is 4.08. The predicted octanol–water partition coefficient (Wildman–Crippen LogP) is 3.00. The van der Waals surface area contributed by atoms with Crippen LogP contribution in [0, 0.1) is 0 Å². The number of halogens is 2. The Labute approximate surface area is 126 Å². The van der Waals surface area contributed by atoms with Crippen molar-refractivity contribution in [2.24, 2.45) is 0 Å². The van der Waals surface area contributed by atoms with Crippen LogP contribution in [-0.2, 0) is 12.8 Å². The van der Waals surface area contributed by atoms with Gasteiger partial charge in [0.15, 0.2) is 0 Å². The van der Waals surface area contributed by atoms with Gasteiger partial charge in [-0.25, -0.2) is 0 Å². The molecule has 1 atom stereocenters. The van der Waals surface area contributed by atoms with E-state index in [-0.39, 0.29) is 11.9 Å². The molecule has 0 spiro atoms. The minimum Gasteiger partial charge on any atom is -0.349 e. The van der Waals surface area contributed by atoms with Crippen molar-refractivity contribution >= 4 is 29.1 Å². The maximum absolute atomic E-state index is 12.2. The average Bonchev–Trinajstić information content (AvgIpc) is 2.85. The van der Waals surface area contributed by atoms with Crippen LogP contribution in [0.1, 0.15) is 28.0 Å². The molecule has 0 saturated carbocycles. The molecule has 1 heterocycles. The van der Waals surface area contributed by atoms with Crippen molar-refractivity contribution < 1.29 is 4.79 Å². The van der Waals surface area contributed by atoms with Crippen molar-refractivity contribution in [2.45, 2.75) is 25.3 Å². The topological polar surface area (TPSA) is 57.8 Å². The summed E-state index contributed by atoms with van der Waals surface area (Å²) in [6, 6.07) is 4.98. The number of aryl methyl sites for hydroxylation is 1. The molecule has 1 aliphatic rings. The number of carbonyl (C=O) groups is 1. The molecule has 2 N–H and O–H groups in total. The highest BCUT2D eigenvalue weighted by Gasteiger charge is 2.22. The van der Waals surface area contributed by atoms with E-state index < -0.39 is 0 Å². The van der Waals surface area contributed by atoms with Crippen LogP contribution < -0.4 is 5.32 Å². The molecule has 20 heavy (non-hydrogen) atoms. The van der Waals surface area contributed by atoms with E-state index in [4.69, 9.17) is 23.2 Å². The Morgan fingerprint density at radius 1 is 1.40 bits per heavy atom. The molecule has 0 bridgehead atoms.